The predicted octanol–water partition coefficient (Wildman–Crippen LogP) is 4.97. The third kappa shape index (κ3) is 4.89. The summed E-state index contributed by atoms with van der Waals surface area (Å²) in [7, 11) is 0. The van der Waals surface area contributed by atoms with Crippen molar-refractivity contribution in [2.75, 3.05) is 0 Å². The first-order valence-corrected chi connectivity index (χ1v) is 13.3. The van der Waals surface area contributed by atoms with Crippen LogP contribution in [0, 0.1) is 0 Å². The van der Waals surface area contributed by atoms with Gasteiger partial charge >= 0.3 is 0 Å². The highest BCUT2D eigenvalue weighted by Crippen LogP contribution is 2.35. The molecule has 0 radical (unpaired) electrons. The fourth-order valence-electron chi connectivity index (χ4n) is 5.55. The van der Waals surface area contributed by atoms with Crippen LogP contribution in [0.1, 0.15) is 73.0 Å². The fraction of sp³-hybridized carbons (Fsp3) is 0.345. The number of rotatable bonds is 9. The Kier molecular flexibility index (Phi) is 6.83. The Labute approximate surface area is 220 Å². The number of hydrogen-bond acceptors (Lipinski definition) is 7. The van der Waals surface area contributed by atoms with Crippen LogP contribution >= 0.6 is 0 Å². The van der Waals surface area contributed by atoms with E-state index in [0.717, 1.165) is 54.3 Å². The Morgan fingerprint density at radius 3 is 2.76 bits per heavy atom. The molecular formula is C29H31N7O2. The van der Waals surface area contributed by atoms with E-state index in [-0.39, 0.29) is 11.6 Å². The highest BCUT2D eigenvalue weighted by atomic mass is 16.3. The third-order valence-corrected chi connectivity index (χ3v) is 7.49. The van der Waals surface area contributed by atoms with Crippen LogP contribution in [-0.4, -0.2) is 35.1 Å². The fourth-order valence-corrected chi connectivity index (χ4v) is 5.55. The van der Waals surface area contributed by atoms with E-state index in [1.807, 2.05) is 47.3 Å². The molecule has 1 atom stereocenters. The summed E-state index contributed by atoms with van der Waals surface area (Å²) in [6, 6.07) is 15.7. The van der Waals surface area contributed by atoms with Gasteiger partial charge in [-0.25, -0.2) is 4.68 Å². The quantitative estimate of drug-likeness (QED) is 0.299. The maximum atomic E-state index is 13.7. The molecule has 1 N–H and O–H groups in total. The van der Waals surface area contributed by atoms with Crippen LogP contribution in [0.3, 0.4) is 0 Å². The molecule has 38 heavy (non-hydrogen) atoms. The van der Waals surface area contributed by atoms with E-state index in [2.05, 4.69) is 49.4 Å². The van der Waals surface area contributed by atoms with Crippen LogP contribution in [0.2, 0.25) is 0 Å². The highest BCUT2D eigenvalue weighted by Gasteiger charge is 2.34. The number of fused-ring (bicyclic) bond motifs is 1. The smallest absolute Gasteiger partial charge is 0.253 e. The minimum atomic E-state index is -0.505. The summed E-state index contributed by atoms with van der Waals surface area (Å²) in [5, 5.41) is 14.1. The van der Waals surface area contributed by atoms with Crippen molar-refractivity contribution in [1.29, 1.82) is 0 Å². The lowest BCUT2D eigenvalue weighted by atomic mass is 10.0. The summed E-state index contributed by atoms with van der Waals surface area (Å²) in [4.78, 5) is 23.4. The zero-order valence-corrected chi connectivity index (χ0v) is 21.5. The second kappa shape index (κ2) is 10.7. The van der Waals surface area contributed by atoms with Crippen LogP contribution in [0.15, 0.2) is 76.4 Å². The molecule has 9 nitrogen and oxygen atoms in total. The van der Waals surface area contributed by atoms with Gasteiger partial charge in [-0.1, -0.05) is 31.9 Å². The molecule has 9 heteroatoms. The van der Waals surface area contributed by atoms with Gasteiger partial charge in [0.15, 0.2) is 5.82 Å². The van der Waals surface area contributed by atoms with Crippen molar-refractivity contribution in [3.63, 3.8) is 0 Å². The van der Waals surface area contributed by atoms with Gasteiger partial charge in [0.1, 0.15) is 11.8 Å². The second-order valence-electron chi connectivity index (χ2n) is 10.00. The molecule has 6 rings (SSSR count). The van der Waals surface area contributed by atoms with Gasteiger partial charge in [0.2, 0.25) is 0 Å². The number of tetrazole rings is 1. The first-order valence-electron chi connectivity index (χ1n) is 13.3. The molecule has 1 aromatic carbocycles. The zero-order valence-electron chi connectivity index (χ0n) is 21.5. The summed E-state index contributed by atoms with van der Waals surface area (Å²) in [5.74, 6) is 1.47. The number of pyridine rings is 2. The molecule has 1 aliphatic carbocycles. The molecule has 5 aromatic rings. The molecule has 1 fully saturated rings. The number of aryl methyl sites for hydroxylation is 1. The van der Waals surface area contributed by atoms with Crippen LogP contribution < -0.4 is 5.56 Å². The molecule has 4 aromatic heterocycles. The van der Waals surface area contributed by atoms with Crippen molar-refractivity contribution in [1.82, 2.24) is 35.1 Å². The van der Waals surface area contributed by atoms with Crippen LogP contribution in [0.25, 0.3) is 10.9 Å². The van der Waals surface area contributed by atoms with Crippen molar-refractivity contribution in [2.24, 2.45) is 0 Å². The number of furan rings is 1. The Morgan fingerprint density at radius 1 is 1.11 bits per heavy atom. The van der Waals surface area contributed by atoms with E-state index < -0.39 is 6.04 Å². The van der Waals surface area contributed by atoms with Crippen LogP contribution in [-0.2, 0) is 19.5 Å². The van der Waals surface area contributed by atoms with E-state index in [4.69, 9.17) is 4.42 Å². The maximum Gasteiger partial charge on any atom is 0.253 e. The number of nitrogens with one attached hydrogen (secondary N) is 1. The van der Waals surface area contributed by atoms with Gasteiger partial charge in [0.05, 0.1) is 18.8 Å². The molecule has 0 amide bonds. The first kappa shape index (κ1) is 24.2. The second-order valence-corrected chi connectivity index (χ2v) is 10.00. The predicted molar refractivity (Wildman–Crippen MR) is 143 cm³/mol. The topological polar surface area (TPSA) is 106 Å². The van der Waals surface area contributed by atoms with Gasteiger partial charge < -0.3 is 9.40 Å². The number of aromatic nitrogens is 6. The van der Waals surface area contributed by atoms with E-state index in [1.165, 1.54) is 5.56 Å². The lowest BCUT2D eigenvalue weighted by Crippen LogP contribution is -2.35. The number of H-pyrrole nitrogens is 1. The summed E-state index contributed by atoms with van der Waals surface area (Å²) in [6.07, 6.45) is 10.6. The molecule has 1 saturated carbocycles. The molecule has 0 saturated heterocycles. The van der Waals surface area contributed by atoms with Crippen LogP contribution in [0.4, 0.5) is 0 Å². The van der Waals surface area contributed by atoms with E-state index in [0.29, 0.717) is 24.5 Å². The van der Waals surface area contributed by atoms with E-state index in [9.17, 15) is 4.79 Å². The molecule has 1 aliphatic rings. The zero-order chi connectivity index (χ0) is 25.9. The van der Waals surface area contributed by atoms with E-state index >= 15 is 0 Å². The molecule has 0 aliphatic heterocycles. The summed E-state index contributed by atoms with van der Waals surface area (Å²) >= 11 is 0. The summed E-state index contributed by atoms with van der Waals surface area (Å²) in [5.41, 5.74) is 3.51. The Bertz CT molecular complexity index is 1550. The highest BCUT2D eigenvalue weighted by molar-refractivity contribution is 5.80. The monoisotopic (exact) mass is 509 g/mol. The normalized spacial score (nSPS) is 15.0. The minimum absolute atomic E-state index is 0.150. The van der Waals surface area contributed by atoms with Crippen molar-refractivity contribution in [3.05, 3.63) is 106 Å². The minimum Gasteiger partial charge on any atom is -0.468 e. The number of benzene rings is 1. The van der Waals surface area contributed by atoms with Gasteiger partial charge in [-0.15, -0.1) is 5.10 Å². The molecule has 0 bridgehead atoms. The average molecular weight is 510 g/mol. The number of hydrogen-bond donors (Lipinski definition) is 1. The SMILES string of the molecule is CCc1ccc2[nH]c(=O)c([C@H](c3nnnn3C3CCCC3)N(Cc3cccnc3)Cc3ccco3)cc2c1. The first-order chi connectivity index (χ1) is 18.7. The van der Waals surface area contributed by atoms with Crippen LogP contribution in [0.5, 0.6) is 0 Å². The molecule has 0 spiro atoms. The van der Waals surface area contributed by atoms with Crippen molar-refractivity contribution in [2.45, 2.75) is 64.2 Å². The largest absolute Gasteiger partial charge is 0.468 e. The Balaban J connectivity index is 1.53. The van der Waals surface area contributed by atoms with E-state index in [1.54, 1.807) is 12.5 Å². The number of nitrogens with zero attached hydrogens (tertiary/aromatic N) is 6. The van der Waals surface area contributed by atoms with Gasteiger partial charge in [-0.3, -0.25) is 14.7 Å². The Morgan fingerprint density at radius 2 is 2.00 bits per heavy atom. The summed E-state index contributed by atoms with van der Waals surface area (Å²) < 4.78 is 7.71. The lowest BCUT2D eigenvalue weighted by Gasteiger charge is -2.31. The maximum absolute atomic E-state index is 13.7. The third-order valence-electron chi connectivity index (χ3n) is 7.49. The Hall–Kier alpha value is -4.11. The molecular weight excluding hydrogens is 478 g/mol. The van der Waals surface area contributed by atoms with Crippen molar-refractivity contribution in [3.8, 4) is 0 Å². The molecule has 0 unspecified atom stereocenters. The molecule has 194 valence electrons. The van der Waals surface area contributed by atoms with Crippen molar-refractivity contribution >= 4 is 10.9 Å². The number of aromatic amines is 1. The van der Waals surface area contributed by atoms with Gasteiger partial charge in [0, 0.05) is 30.0 Å². The van der Waals surface area contributed by atoms with Gasteiger partial charge in [-0.05, 0) is 82.6 Å². The van der Waals surface area contributed by atoms with Gasteiger partial charge in [-0.2, -0.15) is 0 Å². The summed E-state index contributed by atoms with van der Waals surface area (Å²) in [6.45, 7) is 3.13. The van der Waals surface area contributed by atoms with Crippen molar-refractivity contribution < 1.29 is 4.42 Å². The lowest BCUT2D eigenvalue weighted by molar-refractivity contribution is 0.176. The average Bonchev–Trinajstić information content (AvgIpc) is 3.73. The molecule has 4 heterocycles. The van der Waals surface area contributed by atoms with Gasteiger partial charge in [0.25, 0.3) is 5.56 Å². The standard InChI is InChI=1S/C29H31N7O2/c1-2-20-11-12-26-22(15-20)16-25(29(37)31-26)27(28-32-33-34-36(28)23-8-3-4-9-23)35(19-24-10-6-14-38-24)18-21-7-5-13-30-17-21/h5-7,10-17,23,27H,2-4,8-9,18-19H2,1H3,(H,31,37)/t27-/m1/s1.